The van der Waals surface area contributed by atoms with E-state index < -0.39 is 0 Å². The lowest BCUT2D eigenvalue weighted by atomic mass is 10.2. The van der Waals surface area contributed by atoms with Gasteiger partial charge in [0.05, 0.1) is 20.0 Å². The molecule has 2 rings (SSSR count). The molecule has 1 aromatic heterocycles. The third-order valence-electron chi connectivity index (χ3n) is 2.72. The van der Waals surface area contributed by atoms with Crippen molar-refractivity contribution in [3.05, 3.63) is 43.0 Å². The maximum Gasteiger partial charge on any atom is 0.268 e. The Morgan fingerprint density at radius 3 is 2.53 bits per heavy atom. The van der Waals surface area contributed by atoms with Gasteiger partial charge in [-0.05, 0) is 52.7 Å². The van der Waals surface area contributed by atoms with E-state index in [0.717, 1.165) is 13.8 Å². The molecule has 0 bridgehead atoms. The molecule has 6 heteroatoms. The molecule has 1 heterocycles. The summed E-state index contributed by atoms with van der Waals surface area (Å²) in [6, 6.07) is 7.36. The minimum Gasteiger partial charge on any atom is -0.397 e. The Labute approximate surface area is 132 Å². The topological polar surface area (TPSA) is 46.3 Å². The zero-order valence-corrected chi connectivity index (χ0v) is 14.4. The normalized spacial score (nSPS) is 10.5. The first-order chi connectivity index (χ1) is 8.90. The molecule has 0 aliphatic heterocycles. The largest absolute Gasteiger partial charge is 0.397 e. The Bertz CT molecular complexity index is 620. The van der Waals surface area contributed by atoms with E-state index in [9.17, 15) is 4.79 Å². The number of halogens is 2. The summed E-state index contributed by atoms with van der Waals surface area (Å²) in [6.45, 7) is 1.96. The van der Waals surface area contributed by atoms with E-state index in [4.69, 9.17) is 5.73 Å². The fraction of sp³-hybridized carbons (Fsp3) is 0.154. The number of nitrogens with zero attached hydrogens (tertiary/aromatic N) is 1. The van der Waals surface area contributed by atoms with Gasteiger partial charge in [-0.25, -0.2) is 0 Å². The number of nitrogen functional groups attached to an aromatic ring is 1. The smallest absolute Gasteiger partial charge is 0.268 e. The maximum atomic E-state index is 12.4. The first-order valence-corrected chi connectivity index (χ1v) is 7.89. The molecule has 1 amide bonds. The van der Waals surface area contributed by atoms with E-state index >= 15 is 0 Å². The van der Waals surface area contributed by atoms with E-state index in [1.807, 2.05) is 25.1 Å². The number of hydrogen-bond acceptors (Lipinski definition) is 3. The average molecular weight is 404 g/mol. The molecule has 0 unspecified atom stereocenters. The molecule has 0 saturated carbocycles. The van der Waals surface area contributed by atoms with Crippen LogP contribution in [0.15, 0.2) is 32.5 Å². The zero-order valence-electron chi connectivity index (χ0n) is 10.4. The third-order valence-corrected chi connectivity index (χ3v) is 5.34. The van der Waals surface area contributed by atoms with Crippen molar-refractivity contribution in [1.29, 1.82) is 0 Å². The molecule has 0 fully saturated rings. The minimum absolute atomic E-state index is 0.0622. The van der Waals surface area contributed by atoms with Gasteiger partial charge >= 0.3 is 0 Å². The fourth-order valence-electron chi connectivity index (χ4n) is 1.67. The first-order valence-electron chi connectivity index (χ1n) is 5.49. The van der Waals surface area contributed by atoms with Gasteiger partial charge in [0, 0.05) is 11.5 Å². The molecule has 0 atom stereocenters. The van der Waals surface area contributed by atoms with Crippen molar-refractivity contribution in [1.82, 2.24) is 0 Å². The Balaban J connectivity index is 2.33. The number of aryl methyl sites for hydroxylation is 1. The molecule has 2 N–H and O–H groups in total. The van der Waals surface area contributed by atoms with Gasteiger partial charge in [0.15, 0.2) is 0 Å². The minimum atomic E-state index is -0.0622. The summed E-state index contributed by atoms with van der Waals surface area (Å²) >= 11 is 8.21. The van der Waals surface area contributed by atoms with Crippen molar-refractivity contribution in [3.63, 3.8) is 0 Å². The lowest BCUT2D eigenvalue weighted by Crippen LogP contribution is -2.26. The molecule has 19 heavy (non-hydrogen) atoms. The van der Waals surface area contributed by atoms with Crippen molar-refractivity contribution in [2.75, 3.05) is 17.7 Å². The predicted molar refractivity (Wildman–Crippen MR) is 88.0 cm³/mol. The highest BCUT2D eigenvalue weighted by molar-refractivity contribution is 9.11. The van der Waals surface area contributed by atoms with Crippen LogP contribution in [0, 0.1) is 6.92 Å². The second kappa shape index (κ2) is 5.64. The van der Waals surface area contributed by atoms with Crippen LogP contribution in [0.3, 0.4) is 0 Å². The SMILES string of the molecule is Cc1cc(C(=O)N(C)c2ccc(Br)cc2N)sc1Br. The van der Waals surface area contributed by atoms with Crippen molar-refractivity contribution < 1.29 is 4.79 Å². The van der Waals surface area contributed by atoms with Crippen molar-refractivity contribution >= 4 is 60.5 Å². The van der Waals surface area contributed by atoms with Crippen molar-refractivity contribution in [2.24, 2.45) is 0 Å². The molecule has 0 saturated heterocycles. The molecule has 0 radical (unpaired) electrons. The van der Waals surface area contributed by atoms with Crippen LogP contribution in [0.5, 0.6) is 0 Å². The number of benzene rings is 1. The first kappa shape index (κ1) is 14.6. The average Bonchev–Trinajstić information content (AvgIpc) is 2.68. The van der Waals surface area contributed by atoms with Crippen LogP contribution in [-0.2, 0) is 0 Å². The number of nitrogens with two attached hydrogens (primary N) is 1. The molecule has 0 aliphatic rings. The van der Waals surface area contributed by atoms with Crippen LogP contribution < -0.4 is 10.6 Å². The molecule has 2 aromatic rings. The summed E-state index contributed by atoms with van der Waals surface area (Å²) in [5.41, 5.74) is 8.28. The Kier molecular flexibility index (Phi) is 4.32. The molecular weight excluding hydrogens is 392 g/mol. The lowest BCUT2D eigenvalue weighted by molar-refractivity contribution is 0.0997. The lowest BCUT2D eigenvalue weighted by Gasteiger charge is -2.18. The van der Waals surface area contributed by atoms with Gasteiger partial charge in [-0.15, -0.1) is 11.3 Å². The van der Waals surface area contributed by atoms with Gasteiger partial charge in [0.1, 0.15) is 0 Å². The molecule has 0 spiro atoms. The number of amides is 1. The van der Waals surface area contributed by atoms with Gasteiger partial charge in [0.25, 0.3) is 5.91 Å². The molecular formula is C13H12Br2N2OS. The van der Waals surface area contributed by atoms with Crippen LogP contribution in [0.4, 0.5) is 11.4 Å². The highest BCUT2D eigenvalue weighted by atomic mass is 79.9. The number of thiophene rings is 1. The highest BCUT2D eigenvalue weighted by Gasteiger charge is 2.18. The summed E-state index contributed by atoms with van der Waals surface area (Å²) < 4.78 is 1.87. The fourth-order valence-corrected chi connectivity index (χ4v) is 3.56. The van der Waals surface area contributed by atoms with E-state index in [2.05, 4.69) is 31.9 Å². The molecule has 100 valence electrons. The van der Waals surface area contributed by atoms with Gasteiger partial charge in [-0.1, -0.05) is 15.9 Å². The standard InChI is InChI=1S/C13H12Br2N2OS/c1-7-5-11(19-12(7)15)13(18)17(2)10-4-3-8(14)6-9(10)16/h3-6H,16H2,1-2H3. The summed E-state index contributed by atoms with van der Waals surface area (Å²) in [7, 11) is 1.73. The van der Waals surface area contributed by atoms with Gasteiger partial charge in [-0.2, -0.15) is 0 Å². The van der Waals surface area contributed by atoms with E-state index in [-0.39, 0.29) is 5.91 Å². The van der Waals surface area contributed by atoms with Crippen LogP contribution in [0.25, 0.3) is 0 Å². The van der Waals surface area contributed by atoms with E-state index in [1.54, 1.807) is 18.0 Å². The molecule has 1 aromatic carbocycles. The highest BCUT2D eigenvalue weighted by Crippen LogP contribution is 2.31. The van der Waals surface area contributed by atoms with Crippen molar-refractivity contribution in [2.45, 2.75) is 6.92 Å². The predicted octanol–water partition coefficient (Wildman–Crippen LogP) is 4.44. The van der Waals surface area contributed by atoms with E-state index in [1.165, 1.54) is 11.3 Å². The number of carbonyl (C=O) groups excluding carboxylic acids is 1. The maximum absolute atomic E-state index is 12.4. The quantitative estimate of drug-likeness (QED) is 0.753. The monoisotopic (exact) mass is 402 g/mol. The Hall–Kier alpha value is -0.850. The second-order valence-electron chi connectivity index (χ2n) is 4.13. The number of carbonyl (C=O) groups is 1. The third kappa shape index (κ3) is 3.01. The zero-order chi connectivity index (χ0) is 14.2. The second-order valence-corrected chi connectivity index (χ2v) is 7.42. The van der Waals surface area contributed by atoms with Gasteiger partial charge in [-0.3, -0.25) is 4.79 Å². The van der Waals surface area contributed by atoms with Crippen LogP contribution >= 0.6 is 43.2 Å². The van der Waals surface area contributed by atoms with Gasteiger partial charge < -0.3 is 10.6 Å². The number of hydrogen-bond donors (Lipinski definition) is 1. The van der Waals surface area contributed by atoms with Crippen molar-refractivity contribution in [3.8, 4) is 0 Å². The van der Waals surface area contributed by atoms with Crippen LogP contribution in [0.2, 0.25) is 0 Å². The number of rotatable bonds is 2. The van der Waals surface area contributed by atoms with Crippen LogP contribution in [-0.4, -0.2) is 13.0 Å². The molecule has 3 nitrogen and oxygen atoms in total. The Morgan fingerprint density at radius 1 is 1.32 bits per heavy atom. The summed E-state index contributed by atoms with van der Waals surface area (Å²) in [5, 5.41) is 0. The molecule has 0 aliphatic carbocycles. The summed E-state index contributed by atoms with van der Waals surface area (Å²) in [6.07, 6.45) is 0. The summed E-state index contributed by atoms with van der Waals surface area (Å²) in [4.78, 5) is 14.7. The summed E-state index contributed by atoms with van der Waals surface area (Å²) in [5.74, 6) is -0.0622. The number of anilines is 2. The Morgan fingerprint density at radius 2 is 2.00 bits per heavy atom. The van der Waals surface area contributed by atoms with Crippen LogP contribution in [0.1, 0.15) is 15.2 Å². The van der Waals surface area contributed by atoms with Gasteiger partial charge in [0.2, 0.25) is 0 Å². The van der Waals surface area contributed by atoms with E-state index in [0.29, 0.717) is 16.3 Å².